The molecule has 1 aromatic carbocycles. The first kappa shape index (κ1) is 13.5. The fourth-order valence-corrected chi connectivity index (χ4v) is 2.53. The quantitative estimate of drug-likeness (QED) is 0.933. The Kier molecular flexibility index (Phi) is 3.81. The minimum atomic E-state index is 0.0782. The smallest absolute Gasteiger partial charge is 0.254 e. The number of nitrogens with zero attached hydrogens (tertiary/aromatic N) is 3. The van der Waals surface area contributed by atoms with Gasteiger partial charge in [-0.1, -0.05) is 18.2 Å². The fraction of sp³-hybridized carbons (Fsp3) is 0.312. The number of fused-ring (bicyclic) bond motifs is 1. The summed E-state index contributed by atoms with van der Waals surface area (Å²) in [7, 11) is 0. The van der Waals surface area contributed by atoms with Crippen molar-refractivity contribution >= 4 is 11.7 Å². The van der Waals surface area contributed by atoms with Gasteiger partial charge >= 0.3 is 0 Å². The maximum absolute atomic E-state index is 12.5. The molecule has 5 nitrogen and oxygen atoms in total. The van der Waals surface area contributed by atoms with Gasteiger partial charge in [0.05, 0.1) is 24.6 Å². The summed E-state index contributed by atoms with van der Waals surface area (Å²) in [4.78, 5) is 22.9. The van der Waals surface area contributed by atoms with Crippen molar-refractivity contribution in [3.63, 3.8) is 0 Å². The first-order valence-corrected chi connectivity index (χ1v) is 7.20. The molecule has 1 aromatic heterocycles. The Bertz CT molecular complexity index is 639. The molecule has 0 unspecified atom stereocenters. The van der Waals surface area contributed by atoms with Gasteiger partial charge in [0.15, 0.2) is 0 Å². The lowest BCUT2D eigenvalue weighted by atomic mass is 9.99. The molecule has 2 aromatic rings. The first-order valence-electron chi connectivity index (χ1n) is 7.20. The van der Waals surface area contributed by atoms with E-state index in [-0.39, 0.29) is 5.91 Å². The van der Waals surface area contributed by atoms with Crippen molar-refractivity contribution in [2.24, 2.45) is 0 Å². The lowest BCUT2D eigenvalue weighted by Gasteiger charge is -2.28. The average molecular weight is 282 g/mol. The number of carbonyl (C=O) groups is 1. The van der Waals surface area contributed by atoms with Gasteiger partial charge in [-0.15, -0.1) is 0 Å². The minimum absolute atomic E-state index is 0.0782. The molecule has 0 fully saturated rings. The second-order valence-corrected chi connectivity index (χ2v) is 5.06. The van der Waals surface area contributed by atoms with Crippen LogP contribution in [-0.4, -0.2) is 33.9 Å². The van der Waals surface area contributed by atoms with Gasteiger partial charge < -0.3 is 10.2 Å². The Morgan fingerprint density at radius 2 is 2.10 bits per heavy atom. The van der Waals surface area contributed by atoms with Crippen molar-refractivity contribution in [3.05, 3.63) is 53.5 Å². The number of anilines is 1. The van der Waals surface area contributed by atoms with Gasteiger partial charge in [0.2, 0.25) is 0 Å². The number of rotatable bonds is 4. The van der Waals surface area contributed by atoms with Crippen LogP contribution in [0.2, 0.25) is 0 Å². The van der Waals surface area contributed by atoms with Gasteiger partial charge in [-0.05, 0) is 25.0 Å². The Labute approximate surface area is 124 Å². The van der Waals surface area contributed by atoms with E-state index in [9.17, 15) is 4.79 Å². The summed E-state index contributed by atoms with van der Waals surface area (Å²) >= 11 is 0. The first-order chi connectivity index (χ1) is 10.3. The summed E-state index contributed by atoms with van der Waals surface area (Å²) in [6.45, 7) is 4.06. The van der Waals surface area contributed by atoms with Crippen molar-refractivity contribution in [1.29, 1.82) is 0 Å². The summed E-state index contributed by atoms with van der Waals surface area (Å²) in [5.41, 5.74) is 2.75. The van der Waals surface area contributed by atoms with E-state index < -0.39 is 0 Å². The van der Waals surface area contributed by atoms with E-state index >= 15 is 0 Å². The monoisotopic (exact) mass is 282 g/mol. The van der Waals surface area contributed by atoms with Gasteiger partial charge in [-0.2, -0.15) is 0 Å². The Balaban J connectivity index is 1.73. The SMILES string of the molecule is CCNc1cnc(CN2CCc3ccccc3C2=O)cn1. The van der Waals surface area contributed by atoms with Crippen molar-refractivity contribution in [1.82, 2.24) is 14.9 Å². The van der Waals surface area contributed by atoms with E-state index in [0.29, 0.717) is 6.54 Å². The topological polar surface area (TPSA) is 58.1 Å². The highest BCUT2D eigenvalue weighted by atomic mass is 16.2. The van der Waals surface area contributed by atoms with E-state index in [2.05, 4.69) is 15.3 Å². The molecule has 108 valence electrons. The Morgan fingerprint density at radius 3 is 2.86 bits per heavy atom. The molecule has 0 bridgehead atoms. The van der Waals surface area contributed by atoms with E-state index in [1.807, 2.05) is 36.1 Å². The molecule has 0 atom stereocenters. The molecule has 1 aliphatic rings. The zero-order valence-corrected chi connectivity index (χ0v) is 12.0. The summed E-state index contributed by atoms with van der Waals surface area (Å²) < 4.78 is 0. The Morgan fingerprint density at radius 1 is 1.24 bits per heavy atom. The van der Waals surface area contributed by atoms with E-state index in [1.165, 1.54) is 0 Å². The summed E-state index contributed by atoms with van der Waals surface area (Å²) in [5, 5.41) is 3.11. The standard InChI is InChI=1S/C16H18N4O/c1-2-17-15-10-18-13(9-19-15)11-20-8-7-12-5-3-4-6-14(12)16(20)21/h3-6,9-10H,2,7-8,11H2,1H3,(H,17,19). The van der Waals surface area contributed by atoms with Crippen LogP contribution in [0.5, 0.6) is 0 Å². The van der Waals surface area contributed by atoms with Crippen LogP contribution in [0, 0.1) is 0 Å². The van der Waals surface area contributed by atoms with Crippen LogP contribution in [0.3, 0.4) is 0 Å². The lowest BCUT2D eigenvalue weighted by molar-refractivity contribution is 0.0725. The number of aromatic nitrogens is 2. The predicted octanol–water partition coefficient (Wildman–Crippen LogP) is 2.11. The lowest BCUT2D eigenvalue weighted by Crippen LogP contribution is -2.37. The molecular weight excluding hydrogens is 264 g/mol. The minimum Gasteiger partial charge on any atom is -0.369 e. The highest BCUT2D eigenvalue weighted by molar-refractivity contribution is 5.96. The number of carbonyl (C=O) groups excluding carboxylic acids is 1. The molecule has 3 rings (SSSR count). The molecular formula is C16H18N4O. The zero-order chi connectivity index (χ0) is 14.7. The number of hydrogen-bond acceptors (Lipinski definition) is 4. The van der Waals surface area contributed by atoms with Crippen LogP contribution in [-0.2, 0) is 13.0 Å². The maximum atomic E-state index is 12.5. The summed E-state index contributed by atoms with van der Waals surface area (Å²) in [6.07, 6.45) is 4.33. The zero-order valence-electron chi connectivity index (χ0n) is 12.0. The predicted molar refractivity (Wildman–Crippen MR) is 81.1 cm³/mol. The van der Waals surface area contributed by atoms with Crippen molar-refractivity contribution in [2.45, 2.75) is 19.9 Å². The molecule has 5 heteroatoms. The molecule has 1 N–H and O–H groups in total. The third kappa shape index (κ3) is 2.86. The van der Waals surface area contributed by atoms with Crippen LogP contribution >= 0.6 is 0 Å². The van der Waals surface area contributed by atoms with Crippen LogP contribution < -0.4 is 5.32 Å². The van der Waals surface area contributed by atoms with Crippen molar-refractivity contribution in [3.8, 4) is 0 Å². The van der Waals surface area contributed by atoms with Crippen LogP contribution in [0.15, 0.2) is 36.7 Å². The van der Waals surface area contributed by atoms with E-state index in [0.717, 1.165) is 42.1 Å². The second kappa shape index (κ2) is 5.91. The number of benzene rings is 1. The largest absolute Gasteiger partial charge is 0.369 e. The number of nitrogens with one attached hydrogen (secondary N) is 1. The van der Waals surface area contributed by atoms with E-state index in [1.54, 1.807) is 12.4 Å². The third-order valence-corrected chi connectivity index (χ3v) is 3.60. The molecule has 0 aliphatic carbocycles. The summed E-state index contributed by atoms with van der Waals surface area (Å²) in [5.74, 6) is 0.839. The molecule has 1 aliphatic heterocycles. The average Bonchev–Trinajstić information content (AvgIpc) is 2.52. The molecule has 0 radical (unpaired) electrons. The van der Waals surface area contributed by atoms with Gasteiger partial charge in [0.25, 0.3) is 5.91 Å². The van der Waals surface area contributed by atoms with E-state index in [4.69, 9.17) is 0 Å². The molecule has 0 saturated heterocycles. The highest BCUT2D eigenvalue weighted by Gasteiger charge is 2.24. The van der Waals surface area contributed by atoms with Crippen LogP contribution in [0.1, 0.15) is 28.5 Å². The number of amides is 1. The maximum Gasteiger partial charge on any atom is 0.254 e. The molecule has 0 saturated carbocycles. The van der Waals surface area contributed by atoms with Crippen LogP contribution in [0.25, 0.3) is 0 Å². The molecule has 21 heavy (non-hydrogen) atoms. The normalized spacial score (nSPS) is 14.0. The molecule has 1 amide bonds. The van der Waals surface area contributed by atoms with Gasteiger partial charge in [0.1, 0.15) is 5.82 Å². The molecule has 0 spiro atoms. The molecule has 2 heterocycles. The van der Waals surface area contributed by atoms with Gasteiger partial charge in [-0.25, -0.2) is 4.98 Å². The highest BCUT2D eigenvalue weighted by Crippen LogP contribution is 2.19. The fourth-order valence-electron chi connectivity index (χ4n) is 2.53. The summed E-state index contributed by atoms with van der Waals surface area (Å²) in [6, 6.07) is 7.80. The third-order valence-electron chi connectivity index (χ3n) is 3.60. The number of hydrogen-bond donors (Lipinski definition) is 1. The second-order valence-electron chi connectivity index (χ2n) is 5.06. The van der Waals surface area contributed by atoms with Gasteiger partial charge in [-0.3, -0.25) is 9.78 Å². The van der Waals surface area contributed by atoms with Crippen molar-refractivity contribution in [2.75, 3.05) is 18.4 Å². The van der Waals surface area contributed by atoms with Crippen LogP contribution in [0.4, 0.5) is 5.82 Å². The van der Waals surface area contributed by atoms with Crippen molar-refractivity contribution < 1.29 is 4.79 Å². The van der Waals surface area contributed by atoms with Gasteiger partial charge in [0, 0.05) is 18.7 Å². The Hall–Kier alpha value is -2.43.